The van der Waals surface area contributed by atoms with Crippen LogP contribution in [0.1, 0.15) is 25.3 Å². The fourth-order valence-corrected chi connectivity index (χ4v) is 4.66. The third-order valence-corrected chi connectivity index (χ3v) is 6.03. The van der Waals surface area contributed by atoms with Crippen LogP contribution in [0.2, 0.25) is 0 Å². The van der Waals surface area contributed by atoms with Crippen LogP contribution in [0, 0.1) is 3.57 Å². The van der Waals surface area contributed by atoms with E-state index in [0.29, 0.717) is 27.3 Å². The van der Waals surface area contributed by atoms with Crippen molar-refractivity contribution in [1.29, 1.82) is 0 Å². The highest BCUT2D eigenvalue weighted by Gasteiger charge is 2.23. The number of rotatable bonds is 6. The van der Waals surface area contributed by atoms with Crippen LogP contribution in [0.3, 0.4) is 0 Å². The first-order chi connectivity index (χ1) is 13.0. The molecular formula is C18H19IN2O4S2. The zero-order chi connectivity index (χ0) is 19.4. The molecule has 6 nitrogen and oxygen atoms in total. The van der Waals surface area contributed by atoms with Gasteiger partial charge in [0.1, 0.15) is 4.32 Å². The Labute approximate surface area is 181 Å². The van der Waals surface area contributed by atoms with E-state index in [1.54, 1.807) is 6.08 Å². The Morgan fingerprint density at radius 2 is 2.11 bits per heavy atom. The molecule has 2 heterocycles. The molecule has 1 aromatic carbocycles. The molecule has 2 saturated heterocycles. The number of halogens is 1. The van der Waals surface area contributed by atoms with Gasteiger partial charge in [-0.25, -0.2) is 0 Å². The SMILES string of the molecule is CCOc1cc(/C=C2\SC(=S)NC2=O)cc(I)c1OCC(=O)N1CCCC1. The van der Waals surface area contributed by atoms with Crippen molar-refractivity contribution in [3.8, 4) is 11.5 Å². The number of carbonyl (C=O) groups excluding carboxylic acids is 2. The number of benzene rings is 1. The van der Waals surface area contributed by atoms with Crippen LogP contribution in [-0.2, 0) is 9.59 Å². The van der Waals surface area contributed by atoms with Gasteiger partial charge in [-0.05, 0) is 66.1 Å². The summed E-state index contributed by atoms with van der Waals surface area (Å²) in [4.78, 5) is 26.5. The maximum absolute atomic E-state index is 12.3. The summed E-state index contributed by atoms with van der Waals surface area (Å²) in [7, 11) is 0. The van der Waals surface area contributed by atoms with Gasteiger partial charge in [-0.2, -0.15) is 0 Å². The van der Waals surface area contributed by atoms with Gasteiger partial charge in [0.2, 0.25) is 0 Å². The van der Waals surface area contributed by atoms with Gasteiger partial charge in [0, 0.05) is 13.1 Å². The lowest BCUT2D eigenvalue weighted by Gasteiger charge is -2.18. The molecule has 0 bridgehead atoms. The number of carbonyl (C=O) groups is 2. The minimum absolute atomic E-state index is 0.00974. The summed E-state index contributed by atoms with van der Waals surface area (Å²) < 4.78 is 12.8. The highest BCUT2D eigenvalue weighted by atomic mass is 127. The first-order valence-corrected chi connectivity index (χ1v) is 10.9. The van der Waals surface area contributed by atoms with Crippen molar-refractivity contribution in [1.82, 2.24) is 10.2 Å². The third-order valence-electron chi connectivity index (χ3n) is 4.07. The van der Waals surface area contributed by atoms with E-state index in [1.165, 1.54) is 11.8 Å². The molecule has 9 heteroatoms. The zero-order valence-corrected chi connectivity index (χ0v) is 18.5. The maximum Gasteiger partial charge on any atom is 0.263 e. The van der Waals surface area contributed by atoms with E-state index >= 15 is 0 Å². The second-order valence-corrected chi connectivity index (χ2v) is 8.87. The summed E-state index contributed by atoms with van der Waals surface area (Å²) in [5, 5.41) is 2.60. The van der Waals surface area contributed by atoms with E-state index in [2.05, 4.69) is 27.9 Å². The Bertz CT molecular complexity index is 807. The number of thioether (sulfide) groups is 1. The van der Waals surface area contributed by atoms with Crippen LogP contribution in [0.25, 0.3) is 6.08 Å². The first kappa shape index (κ1) is 20.4. The molecule has 1 N–H and O–H groups in total. The molecule has 0 spiro atoms. The molecule has 2 aliphatic heterocycles. The summed E-state index contributed by atoms with van der Waals surface area (Å²) in [5.74, 6) is 0.890. The number of ether oxygens (including phenoxy) is 2. The normalized spacial score (nSPS) is 18.1. The minimum Gasteiger partial charge on any atom is -0.490 e. The van der Waals surface area contributed by atoms with E-state index in [0.717, 1.165) is 35.1 Å². The Morgan fingerprint density at radius 1 is 1.37 bits per heavy atom. The van der Waals surface area contributed by atoms with Gasteiger partial charge >= 0.3 is 0 Å². The Kier molecular flexibility index (Phi) is 6.99. The average molecular weight is 518 g/mol. The first-order valence-electron chi connectivity index (χ1n) is 8.59. The van der Waals surface area contributed by atoms with Gasteiger partial charge in [-0.1, -0.05) is 24.0 Å². The van der Waals surface area contributed by atoms with E-state index in [1.807, 2.05) is 24.0 Å². The number of hydrogen-bond acceptors (Lipinski definition) is 6. The quantitative estimate of drug-likeness (QED) is 0.355. The van der Waals surface area contributed by atoms with Crippen LogP contribution < -0.4 is 14.8 Å². The van der Waals surface area contributed by atoms with Crippen molar-refractivity contribution in [2.24, 2.45) is 0 Å². The summed E-state index contributed by atoms with van der Waals surface area (Å²) in [6, 6.07) is 3.70. The van der Waals surface area contributed by atoms with E-state index < -0.39 is 0 Å². The van der Waals surface area contributed by atoms with Crippen LogP contribution in [0.15, 0.2) is 17.0 Å². The zero-order valence-electron chi connectivity index (χ0n) is 14.7. The highest BCUT2D eigenvalue weighted by Crippen LogP contribution is 2.36. The van der Waals surface area contributed by atoms with Crippen LogP contribution in [0.4, 0.5) is 0 Å². The van der Waals surface area contributed by atoms with E-state index in [9.17, 15) is 9.59 Å². The Morgan fingerprint density at radius 3 is 2.74 bits per heavy atom. The number of amides is 2. The van der Waals surface area contributed by atoms with E-state index in [4.69, 9.17) is 21.7 Å². The third kappa shape index (κ3) is 5.14. The number of nitrogens with zero attached hydrogens (tertiary/aromatic N) is 1. The predicted octanol–water partition coefficient (Wildman–Crippen LogP) is 3.18. The molecule has 0 aliphatic carbocycles. The maximum atomic E-state index is 12.3. The second-order valence-electron chi connectivity index (χ2n) is 5.99. The molecule has 2 fully saturated rings. The molecule has 0 unspecified atom stereocenters. The van der Waals surface area contributed by atoms with Gasteiger partial charge in [-0.15, -0.1) is 0 Å². The van der Waals surface area contributed by atoms with Gasteiger partial charge in [0.05, 0.1) is 15.1 Å². The molecule has 0 saturated carbocycles. The smallest absolute Gasteiger partial charge is 0.263 e. The largest absolute Gasteiger partial charge is 0.490 e. The Hall–Kier alpha value is -1.33. The van der Waals surface area contributed by atoms with Gasteiger partial charge in [0.25, 0.3) is 11.8 Å². The number of nitrogens with one attached hydrogen (secondary N) is 1. The molecule has 3 rings (SSSR count). The minimum atomic E-state index is -0.200. The van der Waals surface area contributed by atoms with Crippen LogP contribution >= 0.6 is 46.6 Å². The number of hydrogen-bond donors (Lipinski definition) is 1. The molecule has 2 aliphatic rings. The van der Waals surface area contributed by atoms with E-state index in [-0.39, 0.29) is 18.4 Å². The van der Waals surface area contributed by atoms with Crippen molar-refractivity contribution in [2.45, 2.75) is 19.8 Å². The van der Waals surface area contributed by atoms with Gasteiger partial charge < -0.3 is 19.7 Å². The van der Waals surface area contributed by atoms with Gasteiger partial charge in [-0.3, -0.25) is 9.59 Å². The number of likely N-dealkylation sites (tertiary alicyclic amines) is 1. The summed E-state index contributed by atoms with van der Waals surface area (Å²) in [5.41, 5.74) is 0.809. The molecule has 144 valence electrons. The van der Waals surface area contributed by atoms with Crippen molar-refractivity contribution in [3.05, 3.63) is 26.2 Å². The highest BCUT2D eigenvalue weighted by molar-refractivity contribution is 14.1. The monoisotopic (exact) mass is 518 g/mol. The summed E-state index contributed by atoms with van der Waals surface area (Å²) >= 11 is 8.40. The van der Waals surface area contributed by atoms with Crippen LogP contribution in [-0.4, -0.2) is 47.3 Å². The number of thiocarbonyl (C=S) groups is 1. The molecule has 27 heavy (non-hydrogen) atoms. The van der Waals surface area contributed by atoms with Crippen molar-refractivity contribution in [3.63, 3.8) is 0 Å². The lowest BCUT2D eigenvalue weighted by atomic mass is 10.2. The second kappa shape index (κ2) is 9.24. The molecule has 0 atom stereocenters. The fraction of sp³-hybridized carbons (Fsp3) is 0.389. The fourth-order valence-electron chi connectivity index (χ4n) is 2.84. The lowest BCUT2D eigenvalue weighted by molar-refractivity contribution is -0.132. The lowest BCUT2D eigenvalue weighted by Crippen LogP contribution is -2.32. The molecule has 2 amide bonds. The summed E-state index contributed by atoms with van der Waals surface area (Å²) in [6.07, 6.45) is 3.86. The average Bonchev–Trinajstić information content (AvgIpc) is 3.24. The molecule has 1 aromatic rings. The standard InChI is InChI=1S/C18H19IN2O4S2/c1-2-24-13-8-11(9-14-17(23)20-18(26)27-14)7-12(19)16(13)25-10-15(22)21-5-3-4-6-21/h7-9H,2-6,10H2,1H3,(H,20,23,26)/b14-9-. The van der Waals surface area contributed by atoms with Crippen molar-refractivity contribution >= 4 is 68.8 Å². The van der Waals surface area contributed by atoms with Crippen LogP contribution in [0.5, 0.6) is 11.5 Å². The molecule has 0 radical (unpaired) electrons. The predicted molar refractivity (Wildman–Crippen MR) is 118 cm³/mol. The van der Waals surface area contributed by atoms with Crippen molar-refractivity contribution < 1.29 is 19.1 Å². The Balaban J connectivity index is 1.79. The topological polar surface area (TPSA) is 67.9 Å². The van der Waals surface area contributed by atoms with Crippen molar-refractivity contribution in [2.75, 3.05) is 26.3 Å². The summed E-state index contributed by atoms with van der Waals surface area (Å²) in [6.45, 7) is 3.93. The molecule has 0 aromatic heterocycles. The molecular weight excluding hydrogens is 499 g/mol. The van der Waals surface area contributed by atoms with Gasteiger partial charge in [0.15, 0.2) is 18.1 Å².